The number of likely N-dealkylation sites (tertiary alicyclic amines) is 1. The van der Waals surface area contributed by atoms with Crippen molar-refractivity contribution in [3.8, 4) is 0 Å². The summed E-state index contributed by atoms with van der Waals surface area (Å²) in [5, 5.41) is 8.16. The summed E-state index contributed by atoms with van der Waals surface area (Å²) in [7, 11) is 0. The Bertz CT molecular complexity index is 777. The number of nitrogens with one attached hydrogen (secondary N) is 1. The topological polar surface area (TPSA) is 52.2 Å². The van der Waals surface area contributed by atoms with Crippen LogP contribution in [0.1, 0.15) is 16.9 Å². The van der Waals surface area contributed by atoms with Crippen molar-refractivity contribution in [3.05, 3.63) is 41.7 Å². The van der Waals surface area contributed by atoms with E-state index >= 15 is 0 Å². The van der Waals surface area contributed by atoms with E-state index in [0.29, 0.717) is 17.7 Å². The van der Waals surface area contributed by atoms with Crippen LogP contribution < -0.4 is 0 Å². The zero-order chi connectivity index (χ0) is 14.0. The highest BCUT2D eigenvalue weighted by atomic mass is 16.2. The molecular formula is C16H16N4O. The Morgan fingerprint density at radius 3 is 3.14 bits per heavy atom. The summed E-state index contributed by atoms with van der Waals surface area (Å²) in [6.07, 6.45) is 3.34. The Kier molecular flexibility index (Phi) is 2.16. The van der Waals surface area contributed by atoms with Crippen molar-refractivity contribution in [1.82, 2.24) is 20.0 Å². The van der Waals surface area contributed by atoms with Crippen LogP contribution in [-0.2, 0) is 0 Å². The minimum atomic E-state index is 0.0509. The minimum absolute atomic E-state index is 0.0509. The molecule has 5 nitrogen and oxygen atoms in total. The highest BCUT2D eigenvalue weighted by molar-refractivity contribution is 6.05. The largest absolute Gasteiger partial charge is 0.306 e. The Labute approximate surface area is 122 Å². The number of hydrogen-bond donors (Lipinski definition) is 1. The van der Waals surface area contributed by atoms with Crippen LogP contribution in [0.4, 0.5) is 0 Å². The number of benzene rings is 1. The fourth-order valence-electron chi connectivity index (χ4n) is 4.13. The van der Waals surface area contributed by atoms with E-state index in [1.807, 2.05) is 29.2 Å². The number of H-pyrrole nitrogens is 1. The fraction of sp³-hybridized carbons (Fsp3) is 0.375. The van der Waals surface area contributed by atoms with Crippen LogP contribution in [0, 0.1) is 5.92 Å². The molecule has 1 aromatic heterocycles. The monoisotopic (exact) mass is 280 g/mol. The Morgan fingerprint density at radius 1 is 1.29 bits per heavy atom. The Morgan fingerprint density at radius 2 is 2.19 bits per heavy atom. The molecule has 0 radical (unpaired) electrons. The lowest BCUT2D eigenvalue weighted by molar-refractivity contribution is 0.0758. The lowest BCUT2D eigenvalue weighted by Gasteiger charge is -2.31. The zero-order valence-electron chi connectivity index (χ0n) is 11.6. The maximum atomic E-state index is 13.0. The summed E-state index contributed by atoms with van der Waals surface area (Å²) in [6, 6.07) is 8.14. The molecule has 2 fully saturated rings. The van der Waals surface area contributed by atoms with Gasteiger partial charge >= 0.3 is 0 Å². The van der Waals surface area contributed by atoms with Crippen molar-refractivity contribution in [2.45, 2.75) is 12.5 Å². The van der Waals surface area contributed by atoms with E-state index in [1.54, 1.807) is 0 Å². The molecule has 0 saturated carbocycles. The first kappa shape index (κ1) is 11.5. The van der Waals surface area contributed by atoms with Crippen molar-refractivity contribution in [1.29, 1.82) is 0 Å². The first-order chi connectivity index (χ1) is 10.3. The van der Waals surface area contributed by atoms with Gasteiger partial charge in [0.15, 0.2) is 5.69 Å². The molecule has 5 heteroatoms. The van der Waals surface area contributed by atoms with E-state index in [0.717, 1.165) is 37.0 Å². The SMILES string of the molecule is O=C(c1n[nH]c2ccccc12)N1C2=CCN3CC2C[C@@H]1C3. The second-order valence-corrected chi connectivity index (χ2v) is 6.23. The van der Waals surface area contributed by atoms with Gasteiger partial charge in [0, 0.05) is 36.6 Å². The minimum Gasteiger partial charge on any atom is -0.306 e. The van der Waals surface area contributed by atoms with Crippen molar-refractivity contribution in [2.24, 2.45) is 5.92 Å². The van der Waals surface area contributed by atoms with Crippen molar-refractivity contribution < 1.29 is 4.79 Å². The van der Waals surface area contributed by atoms with E-state index in [2.05, 4.69) is 21.2 Å². The van der Waals surface area contributed by atoms with E-state index in [-0.39, 0.29) is 5.91 Å². The number of para-hydroxylation sites is 1. The third-order valence-electron chi connectivity index (χ3n) is 5.02. The molecule has 4 heterocycles. The lowest BCUT2D eigenvalue weighted by Crippen LogP contribution is -2.43. The molecule has 3 aliphatic rings. The number of carbonyl (C=O) groups is 1. The molecule has 3 bridgehead atoms. The van der Waals surface area contributed by atoms with Gasteiger partial charge in [0.2, 0.25) is 0 Å². The molecule has 3 aliphatic heterocycles. The number of hydrogen-bond acceptors (Lipinski definition) is 3. The molecule has 1 amide bonds. The van der Waals surface area contributed by atoms with Gasteiger partial charge in [-0.2, -0.15) is 5.10 Å². The maximum Gasteiger partial charge on any atom is 0.279 e. The lowest BCUT2D eigenvalue weighted by atomic mass is 9.95. The van der Waals surface area contributed by atoms with Crippen LogP contribution in [0.5, 0.6) is 0 Å². The number of amides is 1. The highest BCUT2D eigenvalue weighted by Crippen LogP contribution is 2.41. The standard InChI is InChI=1S/C16H16N4O/c21-16(15-12-3-1-2-4-13(12)17-18-15)20-11-7-10-8-19(9-11)6-5-14(10)20/h1-5,10-11H,6-9H2,(H,17,18)/t10?,11-/m1/s1. The first-order valence-corrected chi connectivity index (χ1v) is 7.50. The maximum absolute atomic E-state index is 13.0. The summed E-state index contributed by atoms with van der Waals surface area (Å²) in [5.41, 5.74) is 2.70. The molecule has 106 valence electrons. The van der Waals surface area contributed by atoms with Gasteiger partial charge in [0.1, 0.15) is 0 Å². The predicted octanol–water partition coefficient (Wildman–Crippen LogP) is 1.61. The van der Waals surface area contributed by atoms with E-state index in [9.17, 15) is 4.79 Å². The smallest absolute Gasteiger partial charge is 0.279 e. The van der Waals surface area contributed by atoms with Gasteiger partial charge in [0.05, 0.1) is 11.6 Å². The molecular weight excluding hydrogens is 264 g/mol. The van der Waals surface area contributed by atoms with Crippen molar-refractivity contribution in [2.75, 3.05) is 19.6 Å². The van der Waals surface area contributed by atoms with Gasteiger partial charge in [-0.3, -0.25) is 14.8 Å². The molecule has 2 unspecified atom stereocenters. The Balaban J connectivity index is 1.60. The number of aromatic amines is 1. The third-order valence-corrected chi connectivity index (χ3v) is 5.02. The number of nitrogens with zero attached hydrogens (tertiary/aromatic N) is 3. The van der Waals surface area contributed by atoms with E-state index < -0.39 is 0 Å². The molecule has 2 aromatic rings. The van der Waals surface area contributed by atoms with Crippen LogP contribution in [0.15, 0.2) is 36.0 Å². The summed E-state index contributed by atoms with van der Waals surface area (Å²) >= 11 is 0. The summed E-state index contributed by atoms with van der Waals surface area (Å²) in [5.74, 6) is 0.585. The molecule has 1 N–H and O–H groups in total. The van der Waals surface area contributed by atoms with Crippen molar-refractivity contribution >= 4 is 16.8 Å². The van der Waals surface area contributed by atoms with Crippen LogP contribution in [0.3, 0.4) is 0 Å². The molecule has 5 rings (SSSR count). The number of rotatable bonds is 1. The van der Waals surface area contributed by atoms with Gasteiger partial charge in [-0.1, -0.05) is 24.3 Å². The second kappa shape index (κ2) is 3.95. The van der Waals surface area contributed by atoms with E-state index in [4.69, 9.17) is 0 Å². The van der Waals surface area contributed by atoms with Gasteiger partial charge in [-0.05, 0) is 12.5 Å². The molecule has 0 spiro atoms. The van der Waals surface area contributed by atoms with Crippen molar-refractivity contribution in [3.63, 3.8) is 0 Å². The average molecular weight is 280 g/mol. The molecule has 0 aliphatic carbocycles. The van der Waals surface area contributed by atoms with Crippen LogP contribution in [0.2, 0.25) is 0 Å². The normalized spacial score (nSPS) is 30.0. The summed E-state index contributed by atoms with van der Waals surface area (Å²) in [4.78, 5) is 17.5. The molecule has 3 atom stereocenters. The summed E-state index contributed by atoms with van der Waals surface area (Å²) < 4.78 is 0. The molecule has 21 heavy (non-hydrogen) atoms. The first-order valence-electron chi connectivity index (χ1n) is 7.50. The fourth-order valence-corrected chi connectivity index (χ4v) is 4.13. The number of fused-ring (bicyclic) bond motifs is 3. The Hall–Kier alpha value is -2.14. The highest BCUT2D eigenvalue weighted by Gasteiger charge is 2.47. The quantitative estimate of drug-likeness (QED) is 0.863. The van der Waals surface area contributed by atoms with Gasteiger partial charge in [-0.25, -0.2) is 0 Å². The van der Waals surface area contributed by atoms with Crippen LogP contribution >= 0.6 is 0 Å². The number of carbonyl (C=O) groups excluding carboxylic acids is 1. The summed E-state index contributed by atoms with van der Waals surface area (Å²) in [6.45, 7) is 3.07. The predicted molar refractivity (Wildman–Crippen MR) is 78.7 cm³/mol. The van der Waals surface area contributed by atoms with Gasteiger partial charge in [-0.15, -0.1) is 0 Å². The van der Waals surface area contributed by atoms with Gasteiger partial charge in [0.25, 0.3) is 5.91 Å². The zero-order valence-corrected chi connectivity index (χ0v) is 11.6. The van der Waals surface area contributed by atoms with Crippen LogP contribution in [0.25, 0.3) is 10.9 Å². The third kappa shape index (κ3) is 1.49. The van der Waals surface area contributed by atoms with E-state index in [1.165, 1.54) is 5.70 Å². The average Bonchev–Trinajstić information content (AvgIpc) is 2.99. The molecule has 1 aromatic carbocycles. The van der Waals surface area contributed by atoms with Gasteiger partial charge < -0.3 is 4.90 Å². The molecule has 2 saturated heterocycles. The van der Waals surface area contributed by atoms with Crippen LogP contribution in [-0.4, -0.2) is 51.6 Å². The second-order valence-electron chi connectivity index (χ2n) is 6.23. The number of piperidine rings is 1. The number of aromatic nitrogens is 2.